The van der Waals surface area contributed by atoms with Gasteiger partial charge in [-0.1, -0.05) is 25.1 Å². The van der Waals surface area contributed by atoms with Gasteiger partial charge >= 0.3 is 5.69 Å². The van der Waals surface area contributed by atoms with Crippen LogP contribution in [0.1, 0.15) is 25.3 Å². The summed E-state index contributed by atoms with van der Waals surface area (Å²) in [6.45, 7) is 2.99. The molecule has 1 heterocycles. The largest absolute Gasteiger partial charge is 0.329 e. The molecule has 0 aliphatic carbocycles. The average Bonchev–Trinajstić information content (AvgIpc) is 2.92. The number of hydrogen-bond acceptors (Lipinski definition) is 3. The molecule has 2 aromatic carbocycles. The van der Waals surface area contributed by atoms with Crippen LogP contribution in [0.4, 0.5) is 5.69 Å². The van der Waals surface area contributed by atoms with E-state index in [0.717, 1.165) is 17.5 Å². The highest BCUT2D eigenvalue weighted by Crippen LogP contribution is 2.14. The van der Waals surface area contributed by atoms with Crippen molar-refractivity contribution in [3.8, 4) is 6.07 Å². The lowest BCUT2D eigenvalue weighted by atomic mass is 10.2. The zero-order valence-electron chi connectivity index (χ0n) is 14.6. The number of nitrogens with one attached hydrogen (secondary N) is 1. The molecule has 0 aliphatic heterocycles. The van der Waals surface area contributed by atoms with Crippen molar-refractivity contribution < 1.29 is 4.79 Å². The molecule has 0 aliphatic rings. The molecule has 1 amide bonds. The lowest BCUT2D eigenvalue weighted by Gasteiger charge is -2.06. The topological polar surface area (TPSA) is 79.8 Å². The zero-order valence-corrected chi connectivity index (χ0v) is 14.6. The van der Waals surface area contributed by atoms with Crippen molar-refractivity contribution in [2.45, 2.75) is 32.9 Å². The summed E-state index contributed by atoms with van der Waals surface area (Å²) in [5.74, 6) is -0.195. The molecular weight excluding hydrogens is 328 g/mol. The van der Waals surface area contributed by atoms with Gasteiger partial charge in [-0.3, -0.25) is 13.9 Å². The number of aryl methyl sites for hydroxylation is 2. The zero-order chi connectivity index (χ0) is 18.5. The molecule has 0 radical (unpaired) electrons. The Balaban J connectivity index is 1.77. The monoisotopic (exact) mass is 348 g/mol. The number of amides is 1. The minimum absolute atomic E-state index is 0.0904. The Bertz CT molecular complexity index is 1040. The Hall–Kier alpha value is -3.33. The van der Waals surface area contributed by atoms with E-state index in [0.29, 0.717) is 24.3 Å². The van der Waals surface area contributed by atoms with Gasteiger partial charge in [0.1, 0.15) is 0 Å². The number of nitriles is 1. The van der Waals surface area contributed by atoms with Gasteiger partial charge in [0.05, 0.1) is 22.7 Å². The van der Waals surface area contributed by atoms with Crippen molar-refractivity contribution in [2.24, 2.45) is 0 Å². The first-order chi connectivity index (χ1) is 12.6. The molecular formula is C20H20N4O2. The molecule has 1 aromatic heterocycles. The summed E-state index contributed by atoms with van der Waals surface area (Å²) in [6, 6.07) is 16.4. The van der Waals surface area contributed by atoms with E-state index in [4.69, 9.17) is 5.26 Å². The third kappa shape index (κ3) is 3.52. The maximum Gasteiger partial charge on any atom is 0.329 e. The van der Waals surface area contributed by atoms with E-state index in [2.05, 4.69) is 5.32 Å². The minimum atomic E-state index is -0.195. The van der Waals surface area contributed by atoms with Crippen molar-refractivity contribution in [2.75, 3.05) is 5.32 Å². The van der Waals surface area contributed by atoms with Crippen molar-refractivity contribution in [3.63, 3.8) is 0 Å². The number of imidazole rings is 1. The summed E-state index contributed by atoms with van der Waals surface area (Å²) in [6.07, 6.45) is 1.04. The lowest BCUT2D eigenvalue weighted by Crippen LogP contribution is -2.26. The number of para-hydroxylation sites is 2. The highest BCUT2D eigenvalue weighted by molar-refractivity contribution is 5.91. The van der Waals surface area contributed by atoms with Gasteiger partial charge in [-0.25, -0.2) is 4.79 Å². The first kappa shape index (κ1) is 17.5. The third-order valence-electron chi connectivity index (χ3n) is 4.21. The van der Waals surface area contributed by atoms with Crippen LogP contribution in [0, 0.1) is 11.3 Å². The molecule has 3 rings (SSSR count). The summed E-state index contributed by atoms with van der Waals surface area (Å²) >= 11 is 0. The quantitative estimate of drug-likeness (QED) is 0.743. The minimum Gasteiger partial charge on any atom is -0.326 e. The van der Waals surface area contributed by atoms with Gasteiger partial charge in [0.15, 0.2) is 0 Å². The molecule has 0 bridgehead atoms. The number of carbonyl (C=O) groups excluding carboxylic acids is 1. The second kappa shape index (κ2) is 7.70. The Labute approximate surface area is 151 Å². The maximum atomic E-state index is 12.7. The molecule has 0 atom stereocenters. The summed E-state index contributed by atoms with van der Waals surface area (Å²) in [4.78, 5) is 24.9. The highest BCUT2D eigenvalue weighted by Gasteiger charge is 2.13. The van der Waals surface area contributed by atoms with Crippen molar-refractivity contribution >= 4 is 22.6 Å². The number of rotatable bonds is 6. The first-order valence-electron chi connectivity index (χ1n) is 8.62. The molecule has 26 heavy (non-hydrogen) atoms. The number of hydrogen-bond donors (Lipinski definition) is 1. The lowest BCUT2D eigenvalue weighted by molar-refractivity contribution is -0.116. The molecule has 0 unspecified atom stereocenters. The van der Waals surface area contributed by atoms with E-state index in [1.165, 1.54) is 0 Å². The fourth-order valence-corrected chi connectivity index (χ4v) is 3.03. The predicted octanol–water partition coefficient (Wildman–Crippen LogP) is 3.11. The Morgan fingerprint density at radius 1 is 1.08 bits per heavy atom. The van der Waals surface area contributed by atoms with E-state index in [-0.39, 0.29) is 18.0 Å². The smallest absolute Gasteiger partial charge is 0.326 e. The van der Waals surface area contributed by atoms with Crippen LogP contribution < -0.4 is 11.0 Å². The van der Waals surface area contributed by atoms with Gasteiger partial charge in [-0.2, -0.15) is 5.26 Å². The first-order valence-corrected chi connectivity index (χ1v) is 8.62. The van der Waals surface area contributed by atoms with Crippen LogP contribution in [0.2, 0.25) is 0 Å². The number of benzene rings is 2. The molecule has 0 spiro atoms. The van der Waals surface area contributed by atoms with Crippen LogP contribution in [0.5, 0.6) is 0 Å². The van der Waals surface area contributed by atoms with Crippen LogP contribution in [-0.4, -0.2) is 15.0 Å². The van der Waals surface area contributed by atoms with Crippen LogP contribution in [0.25, 0.3) is 11.0 Å². The van der Waals surface area contributed by atoms with Gasteiger partial charge < -0.3 is 5.32 Å². The third-order valence-corrected chi connectivity index (χ3v) is 4.21. The van der Waals surface area contributed by atoms with Gasteiger partial charge in [0.25, 0.3) is 0 Å². The highest BCUT2D eigenvalue weighted by atomic mass is 16.2. The second-order valence-corrected chi connectivity index (χ2v) is 6.07. The van der Waals surface area contributed by atoms with E-state index >= 15 is 0 Å². The van der Waals surface area contributed by atoms with Crippen LogP contribution >= 0.6 is 0 Å². The van der Waals surface area contributed by atoms with E-state index in [1.54, 1.807) is 33.4 Å². The van der Waals surface area contributed by atoms with Gasteiger partial charge in [0.2, 0.25) is 5.91 Å². The summed E-state index contributed by atoms with van der Waals surface area (Å²) in [5, 5.41) is 11.7. The standard InChI is InChI=1S/C20H20N4O2/c1-2-11-23-17-8-3-4-9-18(17)24(20(23)26)12-10-19(25)22-16-7-5-6-15(13-16)14-21/h3-9,13H,2,10-12H2,1H3,(H,22,25). The number of fused-ring (bicyclic) bond motifs is 1. The maximum absolute atomic E-state index is 12.7. The van der Waals surface area contributed by atoms with E-state index in [9.17, 15) is 9.59 Å². The fraction of sp³-hybridized carbons (Fsp3) is 0.250. The average molecular weight is 348 g/mol. The molecule has 6 heteroatoms. The van der Waals surface area contributed by atoms with Crippen LogP contribution in [0.3, 0.4) is 0 Å². The Morgan fingerprint density at radius 3 is 2.42 bits per heavy atom. The fourth-order valence-electron chi connectivity index (χ4n) is 3.03. The van der Waals surface area contributed by atoms with Crippen molar-refractivity contribution in [1.29, 1.82) is 5.26 Å². The van der Waals surface area contributed by atoms with Gasteiger partial charge in [-0.15, -0.1) is 0 Å². The molecule has 1 N–H and O–H groups in total. The molecule has 0 saturated carbocycles. The number of carbonyl (C=O) groups is 1. The van der Waals surface area contributed by atoms with Crippen molar-refractivity contribution in [1.82, 2.24) is 9.13 Å². The van der Waals surface area contributed by atoms with E-state index < -0.39 is 0 Å². The summed E-state index contributed by atoms with van der Waals surface area (Å²) in [7, 11) is 0. The van der Waals surface area contributed by atoms with E-state index in [1.807, 2.05) is 37.3 Å². The SMILES string of the molecule is CCCn1c(=O)n(CCC(=O)Nc2cccc(C#N)c2)c2ccccc21. The number of aromatic nitrogens is 2. The molecule has 0 saturated heterocycles. The second-order valence-electron chi connectivity index (χ2n) is 6.07. The summed E-state index contributed by atoms with van der Waals surface area (Å²) < 4.78 is 3.40. The molecule has 132 valence electrons. The normalized spacial score (nSPS) is 10.6. The Kier molecular flexibility index (Phi) is 5.18. The number of anilines is 1. The molecule has 0 fully saturated rings. The van der Waals surface area contributed by atoms with Crippen molar-refractivity contribution in [3.05, 3.63) is 64.6 Å². The summed E-state index contributed by atoms with van der Waals surface area (Å²) in [5.41, 5.74) is 2.70. The van der Waals surface area contributed by atoms with Gasteiger partial charge in [-0.05, 0) is 36.8 Å². The Morgan fingerprint density at radius 2 is 1.77 bits per heavy atom. The number of nitrogens with zero attached hydrogens (tertiary/aromatic N) is 3. The predicted molar refractivity (Wildman–Crippen MR) is 101 cm³/mol. The van der Waals surface area contributed by atoms with Crippen LogP contribution in [-0.2, 0) is 17.9 Å². The van der Waals surface area contributed by atoms with Gasteiger partial charge in [0, 0.05) is 25.2 Å². The van der Waals surface area contributed by atoms with Crippen LogP contribution in [0.15, 0.2) is 53.3 Å². The molecule has 6 nitrogen and oxygen atoms in total. The molecule has 3 aromatic rings.